The summed E-state index contributed by atoms with van der Waals surface area (Å²) in [5.41, 5.74) is 9.55. The van der Waals surface area contributed by atoms with Gasteiger partial charge in [0.1, 0.15) is 11.5 Å². The summed E-state index contributed by atoms with van der Waals surface area (Å²) in [6, 6.07) is 9.74. The predicted octanol–water partition coefficient (Wildman–Crippen LogP) is 2.35. The van der Waals surface area contributed by atoms with Crippen LogP contribution < -0.4 is 20.6 Å². The Morgan fingerprint density at radius 3 is 2.63 bits per heavy atom. The molecular weight excluding hydrogens is 537 g/mol. The number of carbonyl (C=O) groups is 2. The Labute approximate surface area is 232 Å². The topological polar surface area (TPSA) is 176 Å². The normalized spacial score (nSPS) is 13.5. The molecule has 15 heteroatoms. The minimum absolute atomic E-state index is 0.0337. The number of halogens is 1. The number of hydrogen-bond donors (Lipinski definition) is 2. The summed E-state index contributed by atoms with van der Waals surface area (Å²) in [7, 11) is 0. The van der Waals surface area contributed by atoms with Crippen molar-refractivity contribution >= 4 is 23.9 Å². The maximum Gasteiger partial charge on any atom is 0.343 e. The third kappa shape index (κ3) is 6.36. The van der Waals surface area contributed by atoms with Crippen molar-refractivity contribution in [3.05, 3.63) is 70.8 Å². The second-order valence-corrected chi connectivity index (χ2v) is 8.99. The van der Waals surface area contributed by atoms with E-state index in [2.05, 4.69) is 40.7 Å². The van der Waals surface area contributed by atoms with E-state index in [1.165, 1.54) is 41.2 Å². The number of nitrogen functional groups attached to an aromatic ring is 1. The summed E-state index contributed by atoms with van der Waals surface area (Å²) in [6.45, 7) is 4.26. The van der Waals surface area contributed by atoms with Gasteiger partial charge < -0.3 is 15.2 Å². The van der Waals surface area contributed by atoms with Gasteiger partial charge in [0.05, 0.1) is 18.4 Å². The van der Waals surface area contributed by atoms with E-state index < -0.39 is 17.7 Å². The summed E-state index contributed by atoms with van der Waals surface area (Å²) in [4.78, 5) is 27.9. The van der Waals surface area contributed by atoms with Crippen molar-refractivity contribution in [2.75, 3.05) is 25.4 Å². The van der Waals surface area contributed by atoms with Crippen LogP contribution >= 0.6 is 0 Å². The monoisotopic (exact) mass is 563 g/mol. The highest BCUT2D eigenvalue weighted by molar-refractivity contribution is 5.95. The first-order valence-corrected chi connectivity index (χ1v) is 12.8. The quantitative estimate of drug-likeness (QED) is 0.125. The first kappa shape index (κ1) is 27.4. The van der Waals surface area contributed by atoms with Gasteiger partial charge in [0.25, 0.3) is 5.91 Å². The van der Waals surface area contributed by atoms with Gasteiger partial charge in [-0.1, -0.05) is 5.21 Å². The number of likely N-dealkylation sites (tertiary alicyclic amines) is 1. The molecule has 0 spiro atoms. The molecule has 1 aliphatic heterocycles. The number of rotatable bonds is 10. The molecule has 4 aromatic rings. The minimum Gasteiger partial charge on any atom is -0.490 e. The minimum atomic E-state index is -0.669. The van der Waals surface area contributed by atoms with Crippen LogP contribution in [0.25, 0.3) is 5.82 Å². The van der Waals surface area contributed by atoms with Crippen molar-refractivity contribution in [3.8, 4) is 17.3 Å². The number of anilines is 1. The fourth-order valence-electron chi connectivity index (χ4n) is 4.21. The van der Waals surface area contributed by atoms with Gasteiger partial charge in [-0.05, 0) is 91.2 Å². The standard InChI is InChI=1S/C26H26FN9O5/c1-2-39-21-13-16(5-10-20(21)40-26(38)17-6-8-18(27)9-7-17)14-29-31-25(37)22-19(15-35-11-3-4-12-35)30-34-36(22)24-23(28)32-41-33-24/h5-10,13-14H,2-4,11-12,15H2,1H3,(H2,28,32)(H,31,37)/b29-14-. The molecule has 0 unspecified atom stereocenters. The van der Waals surface area contributed by atoms with Gasteiger partial charge in [-0.15, -0.1) is 5.10 Å². The first-order valence-electron chi connectivity index (χ1n) is 12.8. The van der Waals surface area contributed by atoms with E-state index in [4.69, 9.17) is 15.2 Å². The Kier molecular flexibility index (Phi) is 8.24. The molecule has 212 valence electrons. The molecular formula is C26H26FN9O5. The van der Waals surface area contributed by atoms with Crippen LogP contribution in [0.3, 0.4) is 0 Å². The second-order valence-electron chi connectivity index (χ2n) is 8.99. The number of esters is 1. The van der Waals surface area contributed by atoms with Gasteiger partial charge >= 0.3 is 5.97 Å². The molecule has 0 radical (unpaired) electrons. The van der Waals surface area contributed by atoms with Gasteiger partial charge in [0, 0.05) is 6.54 Å². The molecule has 1 aliphatic rings. The van der Waals surface area contributed by atoms with Crippen LogP contribution in [-0.2, 0) is 6.54 Å². The summed E-state index contributed by atoms with van der Waals surface area (Å²) in [6.07, 6.45) is 3.52. The number of aromatic nitrogens is 5. The molecule has 41 heavy (non-hydrogen) atoms. The number of nitrogens with one attached hydrogen (secondary N) is 1. The summed E-state index contributed by atoms with van der Waals surface area (Å²) in [5.74, 6) is -1.30. The number of benzene rings is 2. The van der Waals surface area contributed by atoms with E-state index in [0.717, 1.165) is 25.9 Å². The second kappa shape index (κ2) is 12.3. The lowest BCUT2D eigenvalue weighted by molar-refractivity contribution is 0.0728. The number of amides is 1. The highest BCUT2D eigenvalue weighted by Gasteiger charge is 2.27. The van der Waals surface area contributed by atoms with Gasteiger partial charge in [-0.2, -0.15) is 9.78 Å². The number of nitrogens with zero attached hydrogens (tertiary/aromatic N) is 7. The summed E-state index contributed by atoms with van der Waals surface area (Å²) >= 11 is 0. The highest BCUT2D eigenvalue weighted by Crippen LogP contribution is 2.29. The van der Waals surface area contributed by atoms with Gasteiger partial charge in [-0.25, -0.2) is 19.2 Å². The molecule has 5 rings (SSSR count). The van der Waals surface area contributed by atoms with Gasteiger partial charge in [0.15, 0.2) is 17.2 Å². The number of hydrazone groups is 1. The van der Waals surface area contributed by atoms with Crippen molar-refractivity contribution in [3.63, 3.8) is 0 Å². The number of carbonyl (C=O) groups excluding carboxylic acids is 2. The highest BCUT2D eigenvalue weighted by atomic mass is 19.1. The average Bonchev–Trinajstić information content (AvgIpc) is 3.72. The largest absolute Gasteiger partial charge is 0.490 e. The molecule has 3 heterocycles. The molecule has 2 aromatic heterocycles. The van der Waals surface area contributed by atoms with E-state index in [1.807, 2.05) is 0 Å². The SMILES string of the molecule is CCOc1cc(/C=N\NC(=O)c2c(CN3CCCC3)nnn2-c2nonc2N)ccc1OC(=O)c1ccc(F)cc1. The Morgan fingerprint density at radius 1 is 1.15 bits per heavy atom. The van der Waals surface area contributed by atoms with E-state index in [0.29, 0.717) is 24.4 Å². The number of ether oxygens (including phenoxy) is 2. The van der Waals surface area contributed by atoms with Crippen molar-refractivity contribution in [2.45, 2.75) is 26.3 Å². The number of nitrogens with two attached hydrogens (primary N) is 1. The molecule has 0 atom stereocenters. The van der Waals surface area contributed by atoms with Crippen molar-refractivity contribution in [1.29, 1.82) is 0 Å². The fourth-order valence-corrected chi connectivity index (χ4v) is 4.21. The van der Waals surface area contributed by atoms with Gasteiger partial charge in [-0.3, -0.25) is 9.69 Å². The van der Waals surface area contributed by atoms with Crippen LogP contribution in [-0.4, -0.2) is 68.0 Å². The Morgan fingerprint density at radius 2 is 1.93 bits per heavy atom. The molecule has 0 aliphatic carbocycles. The lowest BCUT2D eigenvalue weighted by Gasteiger charge is -2.13. The van der Waals surface area contributed by atoms with Crippen LogP contribution in [0, 0.1) is 5.82 Å². The third-order valence-electron chi connectivity index (χ3n) is 6.15. The van der Waals surface area contributed by atoms with Gasteiger partial charge in [0.2, 0.25) is 11.6 Å². The molecule has 1 amide bonds. The Bertz CT molecular complexity index is 1560. The van der Waals surface area contributed by atoms with E-state index in [9.17, 15) is 14.0 Å². The summed E-state index contributed by atoms with van der Waals surface area (Å²) in [5, 5.41) is 19.6. The maximum atomic E-state index is 13.2. The molecule has 14 nitrogen and oxygen atoms in total. The molecule has 0 saturated carbocycles. The predicted molar refractivity (Wildman–Crippen MR) is 142 cm³/mol. The lowest BCUT2D eigenvalue weighted by Crippen LogP contribution is -2.26. The van der Waals surface area contributed by atoms with E-state index >= 15 is 0 Å². The smallest absolute Gasteiger partial charge is 0.343 e. The summed E-state index contributed by atoms with van der Waals surface area (Å²) < 4.78 is 30.1. The lowest BCUT2D eigenvalue weighted by atomic mass is 10.2. The zero-order valence-corrected chi connectivity index (χ0v) is 22.0. The van der Waals surface area contributed by atoms with Crippen molar-refractivity contribution in [1.82, 2.24) is 35.6 Å². The zero-order valence-electron chi connectivity index (χ0n) is 22.0. The number of hydrogen-bond acceptors (Lipinski definition) is 12. The van der Waals surface area contributed by atoms with Crippen LogP contribution in [0.5, 0.6) is 11.5 Å². The van der Waals surface area contributed by atoms with E-state index in [-0.39, 0.29) is 34.4 Å². The zero-order chi connectivity index (χ0) is 28.8. The maximum absolute atomic E-state index is 13.2. The van der Waals surface area contributed by atoms with Crippen LogP contribution in [0.1, 0.15) is 51.9 Å². The van der Waals surface area contributed by atoms with Crippen LogP contribution in [0.4, 0.5) is 10.2 Å². The first-order chi connectivity index (χ1) is 19.9. The Balaban J connectivity index is 1.32. The molecule has 2 aromatic carbocycles. The molecule has 0 bridgehead atoms. The van der Waals surface area contributed by atoms with Crippen LogP contribution in [0.2, 0.25) is 0 Å². The van der Waals surface area contributed by atoms with Crippen molar-refractivity contribution < 1.29 is 28.1 Å². The van der Waals surface area contributed by atoms with Crippen molar-refractivity contribution in [2.24, 2.45) is 5.10 Å². The Hall–Kier alpha value is -5.18. The van der Waals surface area contributed by atoms with Crippen LogP contribution in [0.15, 0.2) is 52.2 Å². The molecule has 3 N–H and O–H groups in total. The third-order valence-corrected chi connectivity index (χ3v) is 6.15. The average molecular weight is 564 g/mol. The molecule has 1 fully saturated rings. The molecule has 1 saturated heterocycles. The fraction of sp³-hybridized carbons (Fsp3) is 0.269. The van der Waals surface area contributed by atoms with E-state index in [1.54, 1.807) is 19.1 Å².